The molecule has 3 nitrogen and oxygen atoms in total. The van der Waals surface area contributed by atoms with Crippen LogP contribution >= 0.6 is 0 Å². The van der Waals surface area contributed by atoms with E-state index < -0.39 is 0 Å². The van der Waals surface area contributed by atoms with Crippen LogP contribution in [0.5, 0.6) is 11.5 Å². The molecular formula is C16H18FNO2. The number of benzene rings is 2. The molecule has 0 saturated carbocycles. The highest BCUT2D eigenvalue weighted by Crippen LogP contribution is 2.20. The molecule has 0 heterocycles. The van der Waals surface area contributed by atoms with Crippen LogP contribution in [0.25, 0.3) is 0 Å². The first kappa shape index (κ1) is 14.2. The summed E-state index contributed by atoms with van der Waals surface area (Å²) in [6.07, 6.45) is 0.727. The zero-order chi connectivity index (χ0) is 14.4. The summed E-state index contributed by atoms with van der Waals surface area (Å²) in [5.41, 5.74) is 6.97. The van der Waals surface area contributed by atoms with Gasteiger partial charge in [0.15, 0.2) is 0 Å². The average Bonchev–Trinajstić information content (AvgIpc) is 2.44. The molecule has 0 atom stereocenters. The normalized spacial score (nSPS) is 10.3. The Labute approximate surface area is 118 Å². The number of hydrogen-bond donors (Lipinski definition) is 1. The lowest BCUT2D eigenvalue weighted by Crippen LogP contribution is -2.06. The number of rotatable bonds is 6. The first-order valence-electron chi connectivity index (χ1n) is 6.53. The van der Waals surface area contributed by atoms with E-state index in [2.05, 4.69) is 0 Å². The molecule has 0 unspecified atom stereocenters. The van der Waals surface area contributed by atoms with Crippen molar-refractivity contribution in [1.29, 1.82) is 0 Å². The number of hydrogen-bond acceptors (Lipinski definition) is 3. The van der Waals surface area contributed by atoms with Crippen LogP contribution in [0.2, 0.25) is 0 Å². The van der Waals surface area contributed by atoms with Crippen LogP contribution in [0.3, 0.4) is 0 Å². The van der Waals surface area contributed by atoms with Crippen molar-refractivity contribution in [3.8, 4) is 11.5 Å². The van der Waals surface area contributed by atoms with Gasteiger partial charge in [-0.2, -0.15) is 0 Å². The third-order valence-corrected chi connectivity index (χ3v) is 2.86. The van der Waals surface area contributed by atoms with Gasteiger partial charge in [0.25, 0.3) is 0 Å². The number of nitrogens with two attached hydrogens (primary N) is 1. The number of ether oxygens (including phenoxy) is 2. The summed E-state index contributed by atoms with van der Waals surface area (Å²) in [5, 5.41) is 0. The Morgan fingerprint density at radius 1 is 1.05 bits per heavy atom. The van der Waals surface area contributed by atoms with Crippen molar-refractivity contribution in [2.24, 2.45) is 0 Å². The van der Waals surface area contributed by atoms with Crippen LogP contribution in [0.1, 0.15) is 12.0 Å². The molecule has 0 spiro atoms. The summed E-state index contributed by atoms with van der Waals surface area (Å²) in [4.78, 5) is 0. The SMILES string of the molecule is Cc1cc(OCCCOc2ccccc2N)ccc1F. The highest BCUT2D eigenvalue weighted by Gasteiger charge is 2.01. The van der Waals surface area contributed by atoms with E-state index >= 15 is 0 Å². The quantitative estimate of drug-likeness (QED) is 0.647. The number of para-hydroxylation sites is 2. The Balaban J connectivity index is 1.71. The van der Waals surface area contributed by atoms with Gasteiger partial charge < -0.3 is 15.2 Å². The van der Waals surface area contributed by atoms with Crippen molar-refractivity contribution in [1.82, 2.24) is 0 Å². The fourth-order valence-corrected chi connectivity index (χ4v) is 1.75. The van der Waals surface area contributed by atoms with Crippen LogP contribution in [-0.2, 0) is 0 Å². The van der Waals surface area contributed by atoms with E-state index in [0.29, 0.717) is 36.0 Å². The fraction of sp³-hybridized carbons (Fsp3) is 0.250. The minimum absolute atomic E-state index is 0.222. The van der Waals surface area contributed by atoms with Crippen molar-refractivity contribution in [3.05, 3.63) is 53.8 Å². The summed E-state index contributed by atoms with van der Waals surface area (Å²) in [6, 6.07) is 12.1. The van der Waals surface area contributed by atoms with Gasteiger partial charge in [-0.25, -0.2) is 4.39 Å². The molecule has 0 bridgehead atoms. The third kappa shape index (κ3) is 3.88. The van der Waals surface area contributed by atoms with Crippen LogP contribution in [0.15, 0.2) is 42.5 Å². The first-order valence-corrected chi connectivity index (χ1v) is 6.53. The van der Waals surface area contributed by atoms with E-state index in [1.165, 1.54) is 6.07 Å². The standard InChI is InChI=1S/C16H18FNO2/c1-12-11-13(7-8-14(12)17)19-9-4-10-20-16-6-3-2-5-15(16)18/h2-3,5-8,11H,4,9-10,18H2,1H3. The zero-order valence-electron chi connectivity index (χ0n) is 11.4. The van der Waals surface area contributed by atoms with Crippen molar-refractivity contribution >= 4 is 5.69 Å². The minimum atomic E-state index is -0.222. The molecule has 2 rings (SSSR count). The number of anilines is 1. The second-order valence-electron chi connectivity index (χ2n) is 4.50. The van der Waals surface area contributed by atoms with E-state index in [1.807, 2.05) is 18.2 Å². The van der Waals surface area contributed by atoms with E-state index in [4.69, 9.17) is 15.2 Å². The zero-order valence-corrected chi connectivity index (χ0v) is 11.4. The van der Waals surface area contributed by atoms with Crippen LogP contribution in [0, 0.1) is 12.7 Å². The molecule has 0 aromatic heterocycles. The van der Waals surface area contributed by atoms with Crippen LogP contribution < -0.4 is 15.2 Å². The molecule has 0 radical (unpaired) electrons. The molecule has 0 aliphatic rings. The van der Waals surface area contributed by atoms with Gasteiger partial charge in [-0.15, -0.1) is 0 Å². The second kappa shape index (κ2) is 6.80. The maximum Gasteiger partial charge on any atom is 0.142 e. The minimum Gasteiger partial charge on any atom is -0.493 e. The largest absolute Gasteiger partial charge is 0.493 e. The van der Waals surface area contributed by atoms with Crippen molar-refractivity contribution in [2.45, 2.75) is 13.3 Å². The van der Waals surface area contributed by atoms with Gasteiger partial charge in [0.1, 0.15) is 17.3 Å². The van der Waals surface area contributed by atoms with Crippen molar-refractivity contribution < 1.29 is 13.9 Å². The van der Waals surface area contributed by atoms with Gasteiger partial charge >= 0.3 is 0 Å². The van der Waals surface area contributed by atoms with Crippen molar-refractivity contribution in [3.63, 3.8) is 0 Å². The lowest BCUT2D eigenvalue weighted by Gasteiger charge is -2.10. The topological polar surface area (TPSA) is 44.5 Å². The second-order valence-corrected chi connectivity index (χ2v) is 4.50. The smallest absolute Gasteiger partial charge is 0.142 e. The Morgan fingerprint density at radius 2 is 1.80 bits per heavy atom. The van der Waals surface area contributed by atoms with Gasteiger partial charge in [-0.05, 0) is 42.8 Å². The Hall–Kier alpha value is -2.23. The number of halogens is 1. The van der Waals surface area contributed by atoms with E-state index in [0.717, 1.165) is 6.42 Å². The van der Waals surface area contributed by atoms with Gasteiger partial charge in [-0.3, -0.25) is 0 Å². The molecule has 2 aromatic carbocycles. The third-order valence-electron chi connectivity index (χ3n) is 2.86. The number of aryl methyl sites for hydroxylation is 1. The first-order chi connectivity index (χ1) is 9.66. The fourth-order valence-electron chi connectivity index (χ4n) is 1.75. The van der Waals surface area contributed by atoms with Crippen molar-refractivity contribution in [2.75, 3.05) is 18.9 Å². The maximum absolute atomic E-state index is 13.1. The Morgan fingerprint density at radius 3 is 2.55 bits per heavy atom. The van der Waals surface area contributed by atoms with E-state index in [9.17, 15) is 4.39 Å². The van der Waals surface area contributed by atoms with E-state index in [1.54, 1.807) is 25.1 Å². The molecule has 106 valence electrons. The molecule has 0 amide bonds. The lowest BCUT2D eigenvalue weighted by atomic mass is 10.2. The molecular weight excluding hydrogens is 257 g/mol. The Bertz CT molecular complexity index is 572. The molecule has 4 heteroatoms. The predicted molar refractivity (Wildman–Crippen MR) is 77.6 cm³/mol. The highest BCUT2D eigenvalue weighted by atomic mass is 19.1. The summed E-state index contributed by atoms with van der Waals surface area (Å²) >= 11 is 0. The van der Waals surface area contributed by atoms with Crippen LogP contribution in [0.4, 0.5) is 10.1 Å². The van der Waals surface area contributed by atoms with Gasteiger partial charge in [0.2, 0.25) is 0 Å². The molecule has 2 aromatic rings. The average molecular weight is 275 g/mol. The maximum atomic E-state index is 13.1. The molecule has 20 heavy (non-hydrogen) atoms. The lowest BCUT2D eigenvalue weighted by molar-refractivity contribution is 0.248. The molecule has 0 saturated heterocycles. The highest BCUT2D eigenvalue weighted by molar-refractivity contribution is 5.51. The summed E-state index contributed by atoms with van der Waals surface area (Å²) in [7, 11) is 0. The molecule has 0 aliphatic heterocycles. The molecule has 0 aliphatic carbocycles. The monoisotopic (exact) mass is 275 g/mol. The molecule has 2 N–H and O–H groups in total. The predicted octanol–water partition coefficient (Wildman–Crippen LogP) is 3.56. The van der Waals surface area contributed by atoms with Gasteiger partial charge in [-0.1, -0.05) is 12.1 Å². The Kier molecular flexibility index (Phi) is 4.82. The summed E-state index contributed by atoms with van der Waals surface area (Å²) in [5.74, 6) is 1.13. The van der Waals surface area contributed by atoms with Gasteiger partial charge in [0.05, 0.1) is 18.9 Å². The molecule has 0 fully saturated rings. The van der Waals surface area contributed by atoms with E-state index in [-0.39, 0.29) is 5.82 Å². The number of nitrogen functional groups attached to an aromatic ring is 1. The summed E-state index contributed by atoms with van der Waals surface area (Å²) in [6.45, 7) is 2.75. The van der Waals surface area contributed by atoms with Gasteiger partial charge in [0, 0.05) is 6.42 Å². The summed E-state index contributed by atoms with van der Waals surface area (Å²) < 4.78 is 24.2. The van der Waals surface area contributed by atoms with Crippen LogP contribution in [-0.4, -0.2) is 13.2 Å².